The molecule has 1 fully saturated rings. The standard InChI is InChI=1S/C6H9NO.C6H10O3.C5H8O2/c1-2-7-5-3-4-6(7)8;1-5(2)6(8)9-4-3-7;1-4(2)5(6)7-3/h2H,1,3-5H2;7H,1,3-4H2,2H3;1H2,2-3H3. The Morgan fingerprint density at radius 2 is 1.79 bits per heavy atom. The highest BCUT2D eigenvalue weighted by Gasteiger charge is 2.16. The van der Waals surface area contributed by atoms with Gasteiger partial charge in [0.25, 0.3) is 0 Å². The van der Waals surface area contributed by atoms with E-state index in [9.17, 15) is 14.4 Å². The number of methoxy groups -OCH3 is 1. The fourth-order valence-corrected chi connectivity index (χ4v) is 1.30. The second-order valence-corrected chi connectivity index (χ2v) is 4.79. The molecule has 24 heavy (non-hydrogen) atoms. The van der Waals surface area contributed by atoms with Crippen LogP contribution >= 0.6 is 0 Å². The van der Waals surface area contributed by atoms with Gasteiger partial charge in [0, 0.05) is 24.1 Å². The average Bonchev–Trinajstić information content (AvgIpc) is 2.97. The van der Waals surface area contributed by atoms with E-state index in [0.29, 0.717) is 17.6 Å². The molecule has 1 rings (SSSR count). The van der Waals surface area contributed by atoms with Gasteiger partial charge in [0.1, 0.15) is 6.61 Å². The Morgan fingerprint density at radius 3 is 2.00 bits per heavy atom. The molecule has 1 amide bonds. The molecule has 0 aliphatic carbocycles. The molecule has 1 N–H and O–H groups in total. The predicted molar refractivity (Wildman–Crippen MR) is 90.8 cm³/mol. The van der Waals surface area contributed by atoms with E-state index in [1.807, 2.05) is 0 Å². The molecule has 136 valence electrons. The van der Waals surface area contributed by atoms with E-state index in [2.05, 4.69) is 29.2 Å². The molecule has 0 bridgehead atoms. The van der Waals surface area contributed by atoms with Gasteiger partial charge in [-0.2, -0.15) is 0 Å². The monoisotopic (exact) mass is 341 g/mol. The zero-order chi connectivity index (χ0) is 19.1. The molecule has 0 unspecified atom stereocenters. The van der Waals surface area contributed by atoms with Crippen molar-refractivity contribution in [1.82, 2.24) is 4.90 Å². The lowest BCUT2D eigenvalue weighted by Crippen LogP contribution is -2.16. The van der Waals surface area contributed by atoms with Crippen LogP contribution in [0.1, 0.15) is 26.7 Å². The first-order valence-electron chi connectivity index (χ1n) is 7.30. The van der Waals surface area contributed by atoms with Crippen LogP contribution < -0.4 is 0 Å². The van der Waals surface area contributed by atoms with Gasteiger partial charge < -0.3 is 19.5 Å². The normalized spacial score (nSPS) is 12.0. The third kappa shape index (κ3) is 12.2. The first-order valence-corrected chi connectivity index (χ1v) is 7.30. The van der Waals surface area contributed by atoms with Gasteiger partial charge >= 0.3 is 11.9 Å². The molecule has 1 saturated heterocycles. The number of amides is 1. The molecule has 0 spiro atoms. The number of aliphatic hydroxyl groups is 1. The van der Waals surface area contributed by atoms with Crippen LogP contribution in [0, 0.1) is 0 Å². The highest BCUT2D eigenvalue weighted by atomic mass is 16.5. The second kappa shape index (κ2) is 14.2. The molecule has 1 aliphatic heterocycles. The molecular formula is C17H27NO6. The Kier molecular flexibility index (Phi) is 14.1. The topological polar surface area (TPSA) is 93.1 Å². The zero-order valence-electron chi connectivity index (χ0n) is 14.7. The summed E-state index contributed by atoms with van der Waals surface area (Å²) in [6.45, 7) is 14.1. The molecule has 0 atom stereocenters. The Hall–Kier alpha value is -2.41. The van der Waals surface area contributed by atoms with Crippen LogP contribution in [0.25, 0.3) is 0 Å². The summed E-state index contributed by atoms with van der Waals surface area (Å²) in [7, 11) is 1.33. The summed E-state index contributed by atoms with van der Waals surface area (Å²) in [6.07, 6.45) is 3.28. The Morgan fingerprint density at radius 1 is 1.25 bits per heavy atom. The largest absolute Gasteiger partial charge is 0.466 e. The smallest absolute Gasteiger partial charge is 0.333 e. The number of likely N-dealkylation sites (tertiary alicyclic amines) is 1. The maximum atomic E-state index is 10.7. The lowest BCUT2D eigenvalue weighted by Gasteiger charge is -2.05. The van der Waals surface area contributed by atoms with Gasteiger partial charge in [-0.05, 0) is 26.5 Å². The third-order valence-corrected chi connectivity index (χ3v) is 2.54. The SMILES string of the molecule is C=C(C)C(=O)OC.C=C(C)C(=O)OCCO.C=CN1CCCC1=O. The first kappa shape index (κ1) is 23.9. The zero-order valence-corrected chi connectivity index (χ0v) is 14.7. The Balaban J connectivity index is 0. The van der Waals surface area contributed by atoms with E-state index < -0.39 is 5.97 Å². The van der Waals surface area contributed by atoms with Crippen molar-refractivity contribution < 1.29 is 29.0 Å². The van der Waals surface area contributed by atoms with Crippen LogP contribution in [0.5, 0.6) is 0 Å². The highest BCUT2D eigenvalue weighted by molar-refractivity contribution is 5.87. The van der Waals surface area contributed by atoms with Crippen LogP contribution in [0.3, 0.4) is 0 Å². The summed E-state index contributed by atoms with van der Waals surface area (Å²) in [5, 5.41) is 8.19. The number of nitrogens with zero attached hydrogens (tertiary/aromatic N) is 1. The molecule has 1 heterocycles. The lowest BCUT2D eigenvalue weighted by molar-refractivity contribution is -0.140. The van der Waals surface area contributed by atoms with Crippen molar-refractivity contribution in [3.05, 3.63) is 37.1 Å². The van der Waals surface area contributed by atoms with Crippen LogP contribution in [-0.4, -0.2) is 54.7 Å². The van der Waals surface area contributed by atoms with Crippen molar-refractivity contribution in [1.29, 1.82) is 0 Å². The van der Waals surface area contributed by atoms with Crippen molar-refractivity contribution in [3.63, 3.8) is 0 Å². The van der Waals surface area contributed by atoms with Crippen LogP contribution in [-0.2, 0) is 23.9 Å². The number of carbonyl (C=O) groups is 3. The fraction of sp³-hybridized carbons (Fsp3) is 0.471. The van der Waals surface area contributed by atoms with Gasteiger partial charge in [-0.1, -0.05) is 19.7 Å². The van der Waals surface area contributed by atoms with Crippen molar-refractivity contribution in [2.45, 2.75) is 26.7 Å². The van der Waals surface area contributed by atoms with Crippen molar-refractivity contribution in [2.24, 2.45) is 0 Å². The molecule has 0 saturated carbocycles. The summed E-state index contributed by atoms with van der Waals surface area (Å²) in [5.41, 5.74) is 0.783. The van der Waals surface area contributed by atoms with E-state index in [0.717, 1.165) is 13.0 Å². The van der Waals surface area contributed by atoms with Crippen LogP contribution in [0.15, 0.2) is 37.1 Å². The quantitative estimate of drug-likeness (QED) is 0.603. The number of rotatable bonds is 5. The number of carbonyl (C=O) groups excluding carboxylic acids is 3. The fourth-order valence-electron chi connectivity index (χ4n) is 1.30. The molecule has 7 nitrogen and oxygen atoms in total. The van der Waals surface area contributed by atoms with E-state index in [1.165, 1.54) is 7.11 Å². The maximum absolute atomic E-state index is 10.7. The third-order valence-electron chi connectivity index (χ3n) is 2.54. The van der Waals surface area contributed by atoms with E-state index >= 15 is 0 Å². The molecule has 0 radical (unpaired) electrons. The summed E-state index contributed by atoms with van der Waals surface area (Å²) in [4.78, 5) is 33.0. The minimum absolute atomic E-state index is 0.0473. The van der Waals surface area contributed by atoms with Gasteiger partial charge in [0.2, 0.25) is 5.91 Å². The maximum Gasteiger partial charge on any atom is 0.333 e. The Bertz CT molecular complexity index is 470. The summed E-state index contributed by atoms with van der Waals surface area (Å²) in [5.74, 6) is -0.593. The number of hydrogen-bond acceptors (Lipinski definition) is 6. The average molecular weight is 341 g/mol. The minimum atomic E-state index is -0.455. The van der Waals surface area contributed by atoms with Gasteiger partial charge in [-0.3, -0.25) is 4.79 Å². The second-order valence-electron chi connectivity index (χ2n) is 4.79. The van der Waals surface area contributed by atoms with Crippen molar-refractivity contribution in [2.75, 3.05) is 26.9 Å². The number of aliphatic hydroxyl groups excluding tert-OH is 1. The number of esters is 2. The first-order chi connectivity index (χ1) is 11.2. The van der Waals surface area contributed by atoms with E-state index in [4.69, 9.17) is 5.11 Å². The molecule has 0 aromatic carbocycles. The molecule has 7 heteroatoms. The van der Waals surface area contributed by atoms with E-state index in [-0.39, 0.29) is 25.1 Å². The molecular weight excluding hydrogens is 314 g/mol. The Labute approximate surface area is 143 Å². The van der Waals surface area contributed by atoms with Gasteiger partial charge in [0.05, 0.1) is 13.7 Å². The van der Waals surface area contributed by atoms with E-state index in [1.54, 1.807) is 24.9 Å². The highest BCUT2D eigenvalue weighted by Crippen LogP contribution is 2.08. The predicted octanol–water partition coefficient (Wildman–Crippen LogP) is 1.59. The van der Waals surface area contributed by atoms with Gasteiger partial charge in [-0.15, -0.1) is 0 Å². The summed E-state index contributed by atoms with van der Waals surface area (Å²) < 4.78 is 8.74. The van der Waals surface area contributed by atoms with Crippen LogP contribution in [0.2, 0.25) is 0 Å². The summed E-state index contributed by atoms with van der Waals surface area (Å²) in [6, 6.07) is 0. The van der Waals surface area contributed by atoms with Crippen molar-refractivity contribution >= 4 is 17.8 Å². The van der Waals surface area contributed by atoms with Gasteiger partial charge in [-0.25, -0.2) is 9.59 Å². The number of ether oxygens (including phenoxy) is 2. The minimum Gasteiger partial charge on any atom is -0.466 e. The molecule has 0 aromatic heterocycles. The van der Waals surface area contributed by atoms with Gasteiger partial charge in [0.15, 0.2) is 0 Å². The molecule has 0 aromatic rings. The van der Waals surface area contributed by atoms with Crippen molar-refractivity contribution in [3.8, 4) is 0 Å². The lowest BCUT2D eigenvalue weighted by atomic mass is 10.4. The summed E-state index contributed by atoms with van der Waals surface area (Å²) >= 11 is 0. The molecule has 1 aliphatic rings. The van der Waals surface area contributed by atoms with Crippen LogP contribution in [0.4, 0.5) is 0 Å². The number of hydrogen-bond donors (Lipinski definition) is 1.